The number of rotatable bonds is 7. The maximum Gasteiger partial charge on any atom is 0.252 e. The fourth-order valence-electron chi connectivity index (χ4n) is 1.47. The van der Waals surface area contributed by atoms with Crippen LogP contribution in [0.3, 0.4) is 0 Å². The zero-order valence-electron chi connectivity index (χ0n) is 10.4. The van der Waals surface area contributed by atoms with E-state index in [2.05, 4.69) is 0 Å². The van der Waals surface area contributed by atoms with Gasteiger partial charge >= 0.3 is 0 Å². The van der Waals surface area contributed by atoms with E-state index in [1.54, 1.807) is 13.0 Å². The molecule has 0 radical (unpaired) electrons. The summed E-state index contributed by atoms with van der Waals surface area (Å²) in [5.41, 5.74) is 0.793. The molecule has 0 aliphatic heterocycles. The van der Waals surface area contributed by atoms with Crippen molar-refractivity contribution in [2.45, 2.75) is 30.9 Å². The third-order valence-corrected chi connectivity index (χ3v) is 6.60. The Labute approximate surface area is 123 Å². The quantitative estimate of drug-likeness (QED) is 0.714. The number of unbranched alkanes of at least 4 members (excludes halogenated alkanes) is 1. The highest BCUT2D eigenvalue weighted by Crippen LogP contribution is 2.32. The molecule has 3 nitrogen and oxygen atoms in total. The van der Waals surface area contributed by atoms with Gasteiger partial charge in [-0.15, -0.1) is 22.9 Å². The van der Waals surface area contributed by atoms with E-state index in [-0.39, 0.29) is 0 Å². The van der Waals surface area contributed by atoms with Crippen LogP contribution in [0.5, 0.6) is 0 Å². The molecular formula is C11H17Cl2NO2S2. The zero-order chi connectivity index (χ0) is 13.8. The highest BCUT2D eigenvalue weighted by molar-refractivity contribution is 7.91. The van der Waals surface area contributed by atoms with Gasteiger partial charge in [-0.25, -0.2) is 8.42 Å². The molecule has 0 fully saturated rings. The first kappa shape index (κ1) is 16.2. The molecule has 0 amide bonds. The molecule has 18 heavy (non-hydrogen) atoms. The highest BCUT2D eigenvalue weighted by Gasteiger charge is 2.26. The molecule has 0 aromatic carbocycles. The Kier molecular flexibility index (Phi) is 6.41. The number of nitrogens with zero attached hydrogens (tertiary/aromatic N) is 1. The van der Waals surface area contributed by atoms with Crippen molar-refractivity contribution in [2.24, 2.45) is 0 Å². The molecule has 104 valence electrons. The summed E-state index contributed by atoms with van der Waals surface area (Å²) in [4.78, 5) is 0. The number of thiophene rings is 1. The molecule has 0 N–H and O–H groups in total. The predicted octanol–water partition coefficient (Wildman–Crippen LogP) is 3.74. The topological polar surface area (TPSA) is 37.4 Å². The lowest BCUT2D eigenvalue weighted by molar-refractivity contribution is 0.421. The fraction of sp³-hybridized carbons (Fsp3) is 0.636. The number of sulfonamides is 1. The van der Waals surface area contributed by atoms with Crippen LogP contribution in [0.1, 0.15) is 25.3 Å². The van der Waals surface area contributed by atoms with Crippen LogP contribution in [-0.2, 0) is 10.0 Å². The molecule has 0 aliphatic carbocycles. The van der Waals surface area contributed by atoms with Gasteiger partial charge in [-0.3, -0.25) is 0 Å². The summed E-state index contributed by atoms with van der Waals surface area (Å²) in [6, 6.07) is 1.62. The maximum atomic E-state index is 12.4. The van der Waals surface area contributed by atoms with Crippen LogP contribution < -0.4 is 0 Å². The van der Waals surface area contributed by atoms with Gasteiger partial charge in [-0.05, 0) is 25.0 Å². The van der Waals surface area contributed by atoms with E-state index in [9.17, 15) is 8.42 Å². The van der Waals surface area contributed by atoms with Crippen LogP contribution in [0.2, 0.25) is 4.34 Å². The Morgan fingerprint density at radius 1 is 1.39 bits per heavy atom. The number of halogens is 2. The van der Waals surface area contributed by atoms with E-state index >= 15 is 0 Å². The van der Waals surface area contributed by atoms with E-state index in [0.717, 1.165) is 29.7 Å². The van der Waals surface area contributed by atoms with Gasteiger partial charge in [-0.1, -0.05) is 24.9 Å². The summed E-state index contributed by atoms with van der Waals surface area (Å²) in [5.74, 6) is 0.293. The summed E-state index contributed by atoms with van der Waals surface area (Å²) in [6.45, 7) is 4.66. The van der Waals surface area contributed by atoms with E-state index in [1.807, 2.05) is 6.92 Å². The van der Waals surface area contributed by atoms with Crippen LogP contribution >= 0.6 is 34.5 Å². The summed E-state index contributed by atoms with van der Waals surface area (Å²) >= 11 is 12.7. The molecule has 1 rings (SSSR count). The first-order chi connectivity index (χ1) is 8.43. The second-order valence-electron chi connectivity index (χ2n) is 3.97. The number of alkyl halides is 1. The van der Waals surface area contributed by atoms with Gasteiger partial charge in [-0.2, -0.15) is 4.31 Å². The molecular weight excluding hydrogens is 313 g/mol. The van der Waals surface area contributed by atoms with Crippen molar-refractivity contribution in [2.75, 3.05) is 19.0 Å². The smallest absolute Gasteiger partial charge is 0.206 e. The molecule has 1 aromatic heterocycles. The van der Waals surface area contributed by atoms with Gasteiger partial charge in [0, 0.05) is 19.0 Å². The van der Waals surface area contributed by atoms with Crippen molar-refractivity contribution < 1.29 is 8.42 Å². The van der Waals surface area contributed by atoms with Crippen molar-refractivity contribution in [1.82, 2.24) is 4.31 Å². The standard InChI is InChI=1S/C11H17Cl2NO2S2/c1-3-4-6-14(7-5-12)18(15,16)10-8-9(2)11(13)17-10/h8H,3-7H2,1-2H3. The Balaban J connectivity index is 3.00. The first-order valence-corrected chi connectivity index (χ1v) is 8.92. The van der Waals surface area contributed by atoms with Crippen molar-refractivity contribution in [3.8, 4) is 0 Å². The second-order valence-corrected chi connectivity index (χ2v) is 8.17. The molecule has 0 bridgehead atoms. The van der Waals surface area contributed by atoms with Crippen molar-refractivity contribution in [1.29, 1.82) is 0 Å². The molecule has 0 unspecified atom stereocenters. The maximum absolute atomic E-state index is 12.4. The summed E-state index contributed by atoms with van der Waals surface area (Å²) in [6.07, 6.45) is 1.77. The molecule has 7 heteroatoms. The summed E-state index contributed by atoms with van der Waals surface area (Å²) < 4.78 is 27.1. The van der Waals surface area contributed by atoms with Crippen molar-refractivity contribution in [3.63, 3.8) is 0 Å². The van der Waals surface area contributed by atoms with Gasteiger partial charge < -0.3 is 0 Å². The van der Waals surface area contributed by atoms with Crippen molar-refractivity contribution >= 4 is 44.6 Å². The molecule has 0 spiro atoms. The first-order valence-electron chi connectivity index (χ1n) is 5.75. The second kappa shape index (κ2) is 7.10. The normalized spacial score (nSPS) is 12.3. The Bertz CT molecular complexity index is 466. The van der Waals surface area contributed by atoms with E-state index in [0.29, 0.717) is 27.5 Å². The van der Waals surface area contributed by atoms with E-state index < -0.39 is 10.0 Å². The highest BCUT2D eigenvalue weighted by atomic mass is 35.5. The molecule has 1 aromatic rings. The molecule has 0 saturated carbocycles. The Hall–Kier alpha value is 0.190. The summed E-state index contributed by atoms with van der Waals surface area (Å²) in [5, 5.41) is 0. The van der Waals surface area contributed by atoms with Crippen LogP contribution in [0.25, 0.3) is 0 Å². The minimum Gasteiger partial charge on any atom is -0.206 e. The monoisotopic (exact) mass is 329 g/mol. The minimum absolute atomic E-state index is 0.293. The lowest BCUT2D eigenvalue weighted by atomic mass is 10.3. The SMILES string of the molecule is CCCCN(CCCl)S(=O)(=O)c1cc(C)c(Cl)s1. The molecule has 0 saturated heterocycles. The van der Waals surface area contributed by atoms with Crippen LogP contribution in [0.15, 0.2) is 10.3 Å². The molecule has 0 atom stereocenters. The summed E-state index contributed by atoms with van der Waals surface area (Å²) in [7, 11) is -3.45. The minimum atomic E-state index is -3.45. The Morgan fingerprint density at radius 3 is 2.50 bits per heavy atom. The van der Waals surface area contributed by atoms with Gasteiger partial charge in [0.1, 0.15) is 4.21 Å². The van der Waals surface area contributed by atoms with Gasteiger partial charge in [0.2, 0.25) is 0 Å². The average molecular weight is 330 g/mol. The lowest BCUT2D eigenvalue weighted by Gasteiger charge is -2.19. The zero-order valence-corrected chi connectivity index (χ0v) is 13.6. The Morgan fingerprint density at radius 2 is 2.06 bits per heavy atom. The van der Waals surface area contributed by atoms with Crippen LogP contribution in [0.4, 0.5) is 0 Å². The van der Waals surface area contributed by atoms with Crippen molar-refractivity contribution in [3.05, 3.63) is 16.0 Å². The largest absolute Gasteiger partial charge is 0.252 e. The van der Waals surface area contributed by atoms with Gasteiger partial charge in [0.15, 0.2) is 0 Å². The van der Waals surface area contributed by atoms with E-state index in [4.69, 9.17) is 23.2 Å². The van der Waals surface area contributed by atoms with E-state index in [1.165, 1.54) is 4.31 Å². The number of hydrogen-bond acceptors (Lipinski definition) is 3. The number of hydrogen-bond donors (Lipinski definition) is 0. The third kappa shape index (κ3) is 3.84. The third-order valence-electron chi connectivity index (χ3n) is 2.52. The van der Waals surface area contributed by atoms with Crippen LogP contribution in [0, 0.1) is 6.92 Å². The molecule has 1 heterocycles. The fourth-order valence-corrected chi connectivity index (χ4v) is 5.11. The number of aryl methyl sites for hydroxylation is 1. The van der Waals surface area contributed by atoms with Gasteiger partial charge in [0.05, 0.1) is 4.34 Å². The predicted molar refractivity (Wildman–Crippen MR) is 78.5 cm³/mol. The lowest BCUT2D eigenvalue weighted by Crippen LogP contribution is -2.33. The van der Waals surface area contributed by atoms with Crippen LogP contribution in [-0.4, -0.2) is 31.7 Å². The molecule has 0 aliphatic rings. The van der Waals surface area contributed by atoms with Gasteiger partial charge in [0.25, 0.3) is 10.0 Å². The average Bonchev–Trinajstić information content (AvgIpc) is 2.65.